The van der Waals surface area contributed by atoms with Gasteiger partial charge in [0.15, 0.2) is 5.78 Å². The molecule has 0 saturated heterocycles. The molecule has 3 nitrogen and oxygen atoms in total. The third kappa shape index (κ3) is 2.35. The van der Waals surface area contributed by atoms with Crippen LogP contribution in [0.2, 0.25) is 0 Å². The van der Waals surface area contributed by atoms with Crippen molar-refractivity contribution in [2.45, 2.75) is 20.8 Å². The largest absolute Gasteiger partial charge is 0.481 e. The van der Waals surface area contributed by atoms with Gasteiger partial charge in [-0.05, 0) is 24.3 Å². The van der Waals surface area contributed by atoms with Crippen LogP contribution in [0.3, 0.4) is 0 Å². The summed E-state index contributed by atoms with van der Waals surface area (Å²) in [6, 6.07) is 0. The van der Waals surface area contributed by atoms with E-state index < -0.39 is 5.97 Å². The van der Waals surface area contributed by atoms with Crippen LogP contribution >= 0.6 is 12.4 Å². The van der Waals surface area contributed by atoms with Gasteiger partial charge in [-0.2, -0.15) is 0 Å². The molecule has 2 unspecified atom stereocenters. The van der Waals surface area contributed by atoms with Gasteiger partial charge >= 0.3 is 5.97 Å². The van der Waals surface area contributed by atoms with Crippen molar-refractivity contribution >= 4 is 24.2 Å². The van der Waals surface area contributed by atoms with Crippen molar-refractivity contribution in [2.24, 2.45) is 17.3 Å². The normalized spacial score (nSPS) is 28.2. The molecular formula is C10H15ClO3. The van der Waals surface area contributed by atoms with Gasteiger partial charge in [0.25, 0.3) is 0 Å². The number of halogens is 1. The average molecular weight is 219 g/mol. The molecule has 14 heavy (non-hydrogen) atoms. The highest BCUT2D eigenvalue weighted by atomic mass is 35.5. The topological polar surface area (TPSA) is 54.4 Å². The zero-order valence-corrected chi connectivity index (χ0v) is 9.30. The monoisotopic (exact) mass is 218 g/mol. The number of carboxylic acid groups (broad SMARTS) is 1. The van der Waals surface area contributed by atoms with Gasteiger partial charge in [0.05, 0.1) is 5.92 Å². The van der Waals surface area contributed by atoms with Crippen molar-refractivity contribution in [1.29, 1.82) is 0 Å². The molecular weight excluding hydrogens is 204 g/mol. The molecule has 0 aliphatic heterocycles. The van der Waals surface area contributed by atoms with Crippen LogP contribution in [-0.4, -0.2) is 16.9 Å². The molecule has 0 aromatic carbocycles. The Labute approximate surface area is 89.6 Å². The van der Waals surface area contributed by atoms with Crippen molar-refractivity contribution in [3.63, 3.8) is 0 Å². The van der Waals surface area contributed by atoms with Crippen LogP contribution in [0.5, 0.6) is 0 Å². The van der Waals surface area contributed by atoms with E-state index in [9.17, 15) is 9.59 Å². The van der Waals surface area contributed by atoms with Crippen LogP contribution in [0.4, 0.5) is 0 Å². The minimum atomic E-state index is -0.775. The van der Waals surface area contributed by atoms with Gasteiger partial charge in [0.2, 0.25) is 0 Å². The average Bonchev–Trinajstić information content (AvgIpc) is 2.48. The Morgan fingerprint density at radius 3 is 2.14 bits per heavy atom. The van der Waals surface area contributed by atoms with E-state index in [-0.39, 0.29) is 35.4 Å². The molecule has 1 fully saturated rings. The highest BCUT2D eigenvalue weighted by Gasteiger charge is 2.60. The first-order valence-electron chi connectivity index (χ1n) is 4.29. The molecule has 1 N–H and O–H groups in total. The standard InChI is InChI=1S/C10H14O3.ClH/c1-6(11)4-5-7-8(9(12)13)10(7,2)3;/h4-5,7-8H,1-3H3,(H,12,13);1H. The molecule has 1 rings (SSSR count). The van der Waals surface area contributed by atoms with Gasteiger partial charge in [-0.1, -0.05) is 19.9 Å². The SMILES string of the molecule is CC(=O)C=CC1C(C(=O)O)C1(C)C.Cl. The van der Waals surface area contributed by atoms with Crippen LogP contribution in [0, 0.1) is 17.3 Å². The Balaban J connectivity index is 0.00000169. The second kappa shape index (κ2) is 4.13. The van der Waals surface area contributed by atoms with Crippen LogP contribution in [0.25, 0.3) is 0 Å². The third-order valence-electron chi connectivity index (χ3n) is 2.72. The van der Waals surface area contributed by atoms with Crippen molar-refractivity contribution in [2.75, 3.05) is 0 Å². The lowest BCUT2D eigenvalue weighted by molar-refractivity contribution is -0.139. The Kier molecular flexibility index (Phi) is 3.89. The third-order valence-corrected chi connectivity index (χ3v) is 2.72. The second-order valence-electron chi connectivity index (χ2n) is 4.13. The summed E-state index contributed by atoms with van der Waals surface area (Å²) < 4.78 is 0. The Morgan fingerprint density at radius 1 is 1.36 bits per heavy atom. The number of ketones is 1. The van der Waals surface area contributed by atoms with E-state index in [0.29, 0.717) is 0 Å². The number of hydrogen-bond donors (Lipinski definition) is 1. The second-order valence-corrected chi connectivity index (χ2v) is 4.13. The van der Waals surface area contributed by atoms with E-state index in [1.165, 1.54) is 13.0 Å². The van der Waals surface area contributed by atoms with Crippen molar-refractivity contribution in [1.82, 2.24) is 0 Å². The van der Waals surface area contributed by atoms with E-state index >= 15 is 0 Å². The molecule has 0 bridgehead atoms. The lowest BCUT2D eigenvalue weighted by Gasteiger charge is -1.95. The van der Waals surface area contributed by atoms with Gasteiger partial charge in [-0.15, -0.1) is 12.4 Å². The van der Waals surface area contributed by atoms with Gasteiger partial charge in [-0.3, -0.25) is 9.59 Å². The zero-order valence-electron chi connectivity index (χ0n) is 8.48. The summed E-state index contributed by atoms with van der Waals surface area (Å²) in [5, 5.41) is 8.81. The lowest BCUT2D eigenvalue weighted by atomic mass is 10.1. The number of carboxylic acids is 1. The Hall–Kier alpha value is -0.830. The van der Waals surface area contributed by atoms with Gasteiger partial charge in [0, 0.05) is 0 Å². The number of allylic oxidation sites excluding steroid dienone is 2. The summed E-state index contributed by atoms with van der Waals surface area (Å²) in [7, 11) is 0. The molecule has 4 heteroatoms. The summed E-state index contributed by atoms with van der Waals surface area (Å²) in [6.45, 7) is 5.27. The molecule has 1 saturated carbocycles. The summed E-state index contributed by atoms with van der Waals surface area (Å²) in [6.07, 6.45) is 3.16. The number of hydrogen-bond acceptors (Lipinski definition) is 2. The van der Waals surface area contributed by atoms with Crippen LogP contribution < -0.4 is 0 Å². The minimum absolute atomic E-state index is 0. The van der Waals surface area contributed by atoms with Crippen molar-refractivity contribution < 1.29 is 14.7 Å². The summed E-state index contributed by atoms with van der Waals surface area (Å²) in [5.74, 6) is -1.13. The number of carbonyl (C=O) groups excluding carboxylic acids is 1. The number of aliphatic carboxylic acids is 1. The van der Waals surface area contributed by atoms with Gasteiger partial charge in [-0.25, -0.2) is 0 Å². The van der Waals surface area contributed by atoms with Gasteiger partial charge < -0.3 is 5.11 Å². The Morgan fingerprint density at radius 2 is 1.86 bits per heavy atom. The van der Waals surface area contributed by atoms with Crippen molar-refractivity contribution in [3.05, 3.63) is 12.2 Å². The highest BCUT2D eigenvalue weighted by molar-refractivity contribution is 5.87. The fraction of sp³-hybridized carbons (Fsp3) is 0.600. The number of rotatable bonds is 3. The Bertz CT molecular complexity index is 281. The van der Waals surface area contributed by atoms with E-state index in [4.69, 9.17) is 5.11 Å². The minimum Gasteiger partial charge on any atom is -0.481 e. The molecule has 0 spiro atoms. The zero-order chi connectivity index (χ0) is 10.2. The molecule has 0 aromatic rings. The maximum atomic E-state index is 10.7. The van der Waals surface area contributed by atoms with E-state index in [2.05, 4.69) is 0 Å². The van der Waals surface area contributed by atoms with E-state index in [1.54, 1.807) is 6.08 Å². The first-order chi connectivity index (χ1) is 5.87. The first kappa shape index (κ1) is 13.2. The van der Waals surface area contributed by atoms with Crippen molar-refractivity contribution in [3.8, 4) is 0 Å². The van der Waals surface area contributed by atoms with E-state index in [1.807, 2.05) is 13.8 Å². The molecule has 0 aromatic heterocycles. The van der Waals surface area contributed by atoms with Gasteiger partial charge in [0.1, 0.15) is 0 Å². The summed E-state index contributed by atoms with van der Waals surface area (Å²) in [5.41, 5.74) is -0.197. The predicted molar refractivity (Wildman–Crippen MR) is 55.5 cm³/mol. The summed E-state index contributed by atoms with van der Waals surface area (Å²) >= 11 is 0. The molecule has 2 atom stereocenters. The van der Waals surface area contributed by atoms with Crippen LogP contribution in [-0.2, 0) is 9.59 Å². The van der Waals surface area contributed by atoms with Crippen LogP contribution in [0.1, 0.15) is 20.8 Å². The first-order valence-corrected chi connectivity index (χ1v) is 4.29. The smallest absolute Gasteiger partial charge is 0.307 e. The molecule has 1 aliphatic rings. The molecule has 1 aliphatic carbocycles. The maximum absolute atomic E-state index is 10.7. The van der Waals surface area contributed by atoms with E-state index in [0.717, 1.165) is 0 Å². The fourth-order valence-corrected chi connectivity index (χ4v) is 1.75. The quantitative estimate of drug-likeness (QED) is 0.737. The molecule has 80 valence electrons. The fourth-order valence-electron chi connectivity index (χ4n) is 1.75. The maximum Gasteiger partial charge on any atom is 0.307 e. The molecule has 0 amide bonds. The predicted octanol–water partition coefficient (Wildman–Crippen LogP) is 1.91. The lowest BCUT2D eigenvalue weighted by Crippen LogP contribution is -2.03. The van der Waals surface area contributed by atoms with Crippen LogP contribution in [0.15, 0.2) is 12.2 Å². The summed E-state index contributed by atoms with van der Waals surface area (Å²) in [4.78, 5) is 21.3. The molecule has 0 heterocycles. The molecule has 0 radical (unpaired) electrons. The highest BCUT2D eigenvalue weighted by Crippen LogP contribution is 2.58. The number of carbonyl (C=O) groups is 2.